The molecule has 2 aromatic rings. The standard InChI is InChI=1S/C18H21NO3S/c1-14-6-4-5-11-19(14)18(20)13-23(21,22)17-10-9-15-7-2-3-8-16(15)12-17/h2-3,7-10,12,14H,4-6,11,13H2,1H3. The zero-order valence-electron chi connectivity index (χ0n) is 13.2. The van der Waals surface area contributed by atoms with Gasteiger partial charge in [0.1, 0.15) is 5.75 Å². The SMILES string of the molecule is CC1CCCCN1C(=O)CS(=O)(=O)c1ccc2ccccc2c1. The van der Waals surface area contributed by atoms with Gasteiger partial charge in [0.05, 0.1) is 4.90 Å². The zero-order chi connectivity index (χ0) is 16.4. The van der Waals surface area contributed by atoms with Crippen LogP contribution >= 0.6 is 0 Å². The van der Waals surface area contributed by atoms with Gasteiger partial charge in [0, 0.05) is 12.6 Å². The number of benzene rings is 2. The summed E-state index contributed by atoms with van der Waals surface area (Å²) < 4.78 is 25.2. The summed E-state index contributed by atoms with van der Waals surface area (Å²) >= 11 is 0. The lowest BCUT2D eigenvalue weighted by atomic mass is 10.0. The smallest absolute Gasteiger partial charge is 0.238 e. The van der Waals surface area contributed by atoms with Crippen LogP contribution in [0.15, 0.2) is 47.4 Å². The molecule has 1 amide bonds. The number of carbonyl (C=O) groups excluding carboxylic acids is 1. The van der Waals surface area contributed by atoms with Crippen molar-refractivity contribution in [3.63, 3.8) is 0 Å². The number of nitrogens with zero attached hydrogens (tertiary/aromatic N) is 1. The number of piperidine rings is 1. The van der Waals surface area contributed by atoms with Crippen LogP contribution in [0.25, 0.3) is 10.8 Å². The molecule has 1 aliphatic rings. The maximum absolute atomic E-state index is 12.6. The van der Waals surface area contributed by atoms with E-state index in [4.69, 9.17) is 0 Å². The lowest BCUT2D eigenvalue weighted by Gasteiger charge is -2.33. The maximum Gasteiger partial charge on any atom is 0.238 e. The van der Waals surface area contributed by atoms with Crippen molar-refractivity contribution in [1.82, 2.24) is 4.90 Å². The normalized spacial score (nSPS) is 19.0. The molecular formula is C18H21NO3S. The summed E-state index contributed by atoms with van der Waals surface area (Å²) in [4.78, 5) is 14.3. The maximum atomic E-state index is 12.6. The lowest BCUT2D eigenvalue weighted by molar-refractivity contribution is -0.131. The summed E-state index contributed by atoms with van der Waals surface area (Å²) in [6.45, 7) is 2.65. The van der Waals surface area contributed by atoms with E-state index in [1.807, 2.05) is 31.2 Å². The van der Waals surface area contributed by atoms with E-state index in [0.717, 1.165) is 30.0 Å². The van der Waals surface area contributed by atoms with E-state index < -0.39 is 15.6 Å². The van der Waals surface area contributed by atoms with Crippen molar-refractivity contribution < 1.29 is 13.2 Å². The minimum Gasteiger partial charge on any atom is -0.339 e. The summed E-state index contributed by atoms with van der Waals surface area (Å²) in [5, 5.41) is 1.86. The molecule has 1 unspecified atom stereocenters. The van der Waals surface area contributed by atoms with Crippen LogP contribution in [0.1, 0.15) is 26.2 Å². The molecule has 0 spiro atoms. The summed E-state index contributed by atoms with van der Waals surface area (Å²) in [5.74, 6) is -0.735. The van der Waals surface area contributed by atoms with E-state index in [2.05, 4.69) is 0 Å². The molecule has 1 aliphatic heterocycles. The number of rotatable bonds is 3. The Kier molecular flexibility index (Phi) is 4.39. The van der Waals surface area contributed by atoms with Gasteiger partial charge in [-0.2, -0.15) is 0 Å². The quantitative estimate of drug-likeness (QED) is 0.869. The highest BCUT2D eigenvalue weighted by molar-refractivity contribution is 7.92. The lowest BCUT2D eigenvalue weighted by Crippen LogP contribution is -2.44. The van der Waals surface area contributed by atoms with Gasteiger partial charge in [-0.15, -0.1) is 0 Å². The molecule has 4 nitrogen and oxygen atoms in total. The Balaban J connectivity index is 1.83. The second kappa shape index (κ2) is 6.32. The van der Waals surface area contributed by atoms with Crippen LogP contribution in [0.4, 0.5) is 0 Å². The van der Waals surface area contributed by atoms with Crippen LogP contribution in [0.3, 0.4) is 0 Å². The summed E-state index contributed by atoms with van der Waals surface area (Å²) in [5.41, 5.74) is 0. The van der Waals surface area contributed by atoms with Crippen LogP contribution in [0.5, 0.6) is 0 Å². The van der Waals surface area contributed by atoms with Gasteiger partial charge < -0.3 is 4.90 Å². The second-order valence-electron chi connectivity index (χ2n) is 6.20. The third kappa shape index (κ3) is 3.39. The van der Waals surface area contributed by atoms with Crippen LogP contribution < -0.4 is 0 Å². The number of amides is 1. The number of fused-ring (bicyclic) bond motifs is 1. The largest absolute Gasteiger partial charge is 0.339 e. The number of carbonyl (C=O) groups is 1. The minimum atomic E-state index is -3.61. The fourth-order valence-corrected chi connectivity index (χ4v) is 4.40. The minimum absolute atomic E-state index is 0.128. The number of hydrogen-bond donors (Lipinski definition) is 0. The van der Waals surface area contributed by atoms with Gasteiger partial charge in [-0.1, -0.05) is 30.3 Å². The molecule has 0 aromatic heterocycles. The first-order valence-corrected chi connectivity index (χ1v) is 9.64. The van der Waals surface area contributed by atoms with Crippen molar-refractivity contribution in [3.8, 4) is 0 Å². The molecule has 1 atom stereocenters. The van der Waals surface area contributed by atoms with Gasteiger partial charge in [-0.3, -0.25) is 4.79 Å². The van der Waals surface area contributed by atoms with Gasteiger partial charge in [0.2, 0.25) is 5.91 Å². The highest BCUT2D eigenvalue weighted by Gasteiger charge is 2.28. The van der Waals surface area contributed by atoms with Crippen molar-refractivity contribution in [2.24, 2.45) is 0 Å². The molecular weight excluding hydrogens is 310 g/mol. The van der Waals surface area contributed by atoms with Crippen LogP contribution in [0, 0.1) is 0 Å². The Bertz CT molecular complexity index is 829. The van der Waals surface area contributed by atoms with Crippen LogP contribution in [-0.2, 0) is 14.6 Å². The monoisotopic (exact) mass is 331 g/mol. The van der Waals surface area contributed by atoms with Crippen molar-refractivity contribution >= 4 is 26.5 Å². The predicted octanol–water partition coefficient (Wildman–Crippen LogP) is 3.01. The molecule has 1 heterocycles. The first-order chi connectivity index (χ1) is 11.0. The molecule has 0 saturated carbocycles. The number of sulfone groups is 1. The average molecular weight is 331 g/mol. The first-order valence-electron chi connectivity index (χ1n) is 7.98. The molecule has 0 bridgehead atoms. The second-order valence-corrected chi connectivity index (χ2v) is 8.19. The van der Waals surface area contributed by atoms with Crippen molar-refractivity contribution in [2.75, 3.05) is 12.3 Å². The highest BCUT2D eigenvalue weighted by atomic mass is 32.2. The number of hydrogen-bond acceptors (Lipinski definition) is 3. The van der Waals surface area contributed by atoms with Gasteiger partial charge in [0.25, 0.3) is 0 Å². The molecule has 0 aliphatic carbocycles. The fourth-order valence-electron chi connectivity index (χ4n) is 3.16. The molecule has 0 N–H and O–H groups in total. The fraction of sp³-hybridized carbons (Fsp3) is 0.389. The van der Waals surface area contributed by atoms with Crippen molar-refractivity contribution in [2.45, 2.75) is 37.1 Å². The van der Waals surface area contributed by atoms with Gasteiger partial charge in [-0.25, -0.2) is 8.42 Å². The average Bonchev–Trinajstić information content (AvgIpc) is 2.54. The molecule has 23 heavy (non-hydrogen) atoms. The van der Waals surface area contributed by atoms with E-state index in [0.29, 0.717) is 6.54 Å². The van der Waals surface area contributed by atoms with E-state index in [1.54, 1.807) is 23.1 Å². The van der Waals surface area contributed by atoms with E-state index in [1.165, 1.54) is 0 Å². The molecule has 2 aromatic carbocycles. The Morgan fingerprint density at radius 2 is 1.87 bits per heavy atom. The third-order valence-corrected chi connectivity index (χ3v) is 6.12. The van der Waals surface area contributed by atoms with E-state index in [9.17, 15) is 13.2 Å². The summed E-state index contributed by atoms with van der Waals surface area (Å²) in [7, 11) is -3.61. The molecule has 1 saturated heterocycles. The Labute approximate surface area is 137 Å². The Morgan fingerprint density at radius 3 is 2.61 bits per heavy atom. The predicted molar refractivity (Wildman–Crippen MR) is 91.0 cm³/mol. The van der Waals surface area contributed by atoms with E-state index in [-0.39, 0.29) is 16.8 Å². The van der Waals surface area contributed by atoms with Gasteiger partial charge >= 0.3 is 0 Å². The Hall–Kier alpha value is -1.88. The van der Waals surface area contributed by atoms with Crippen LogP contribution in [-0.4, -0.2) is 37.6 Å². The number of likely N-dealkylation sites (tertiary alicyclic amines) is 1. The molecule has 1 fully saturated rings. The van der Waals surface area contributed by atoms with E-state index >= 15 is 0 Å². The summed E-state index contributed by atoms with van der Waals surface area (Å²) in [6, 6.07) is 12.8. The molecule has 0 radical (unpaired) electrons. The zero-order valence-corrected chi connectivity index (χ0v) is 14.1. The first kappa shape index (κ1) is 16.0. The van der Waals surface area contributed by atoms with Gasteiger partial charge in [-0.05, 0) is 49.1 Å². The van der Waals surface area contributed by atoms with Crippen molar-refractivity contribution in [3.05, 3.63) is 42.5 Å². The topological polar surface area (TPSA) is 54.5 Å². The summed E-state index contributed by atoms with van der Waals surface area (Å²) in [6.07, 6.45) is 3.00. The van der Waals surface area contributed by atoms with Crippen LogP contribution in [0.2, 0.25) is 0 Å². The highest BCUT2D eigenvalue weighted by Crippen LogP contribution is 2.22. The third-order valence-electron chi connectivity index (χ3n) is 4.52. The molecule has 3 rings (SSSR count). The van der Waals surface area contributed by atoms with Crippen molar-refractivity contribution in [1.29, 1.82) is 0 Å². The molecule has 122 valence electrons. The Morgan fingerprint density at radius 1 is 1.13 bits per heavy atom. The van der Waals surface area contributed by atoms with Gasteiger partial charge in [0.15, 0.2) is 9.84 Å². The molecule has 5 heteroatoms.